The Morgan fingerprint density at radius 2 is 0.836 bits per heavy atom. The topological polar surface area (TPSA) is 344 Å². The van der Waals surface area contributed by atoms with Gasteiger partial charge in [-0.3, -0.25) is 58.0 Å². The highest BCUT2D eigenvalue weighted by atomic mass is 32.1. The van der Waals surface area contributed by atoms with Crippen molar-refractivity contribution in [2.24, 2.45) is 59.0 Å². The number of likely N-dealkylation sites (tertiary alicyclic amines) is 2. The number of methoxy groups -OCH3 is 4. The number of thiazole rings is 2. The summed E-state index contributed by atoms with van der Waals surface area (Å²) in [6.07, 6.45) is 6.80. The number of carbonyl (C=O) groups is 10. The zero-order valence-corrected chi connectivity index (χ0v) is 94.9. The van der Waals surface area contributed by atoms with Crippen molar-refractivity contribution in [3.8, 4) is 0 Å². The molecule has 0 saturated carbocycles. The standard InChI is InChI=1S/C53H87N7O8S.C35H55N5O5S.C24H39N3O4/c1-15-37(6)47(57(12)51(64)40(35(2)3)33-43(61)46(36(4)5)56(11)25-26-58-27-29-59(30-28-58)52(65)68-53(8,9)10)44(66-13)34-45(62)60-24-19-22-42(60)48(67-14)38(7)49(63)55-41(50-54-23-31-69-50)32-39-20-17-16-18-21-39;1-9-23(4)31(39(6)35(43)30(36)22(2)3)28(44-7)21-29(41)40-18-13-16-27(40)32(45-8)24(5)33(42)38-26(34-37-17-19-46-34)20-25-14-11-10-12-15-25;1-19(2)21(22(28)30-18-20-10-8-7-9-11-20)25(6)12-13-26-14-16-27(17-15-26)23(29)31-24(3,4)5/h16-18,20-21,23,31,35-38,40-42,44,46-48H,15,19,22,24-30,32-34H2,1-14H3,(H,55,63);10-12,14-15,17,19,22-24,26-28,30-32H,9,13,16,18,20-21,36H2,1-8H3,(H,38,42);7-11,19,21H,12-18H2,1-6H3/t37-,38+,40-,41-,42-,44+,46-,47-,48+;23-,24+,26-,27-,28+,30-,31-,32+;21-/m000/s1. The van der Waals surface area contributed by atoms with Gasteiger partial charge in [-0.05, 0) is 146 Å². The SMILES string of the molecule is CC(C)[C@@H](C(=O)OCc1ccccc1)N(C)CCN1CCN(C(=O)OC(C)(C)C)CC1.CC[C@H](C)[C@@H]([C@@H](CC(=O)N1CCC[C@H]1[C@H](OC)[C@@H](C)C(=O)N[C@@H](Cc1ccccc1)c1nccs1)OC)N(C)C(=O)[C@@H](CC(=O)[C@H](C(C)C)N(C)CCN1CCN(C(=O)OC(C)(C)C)CC1)C(C)C.CC[C@H](C)[C@@H]([C@@H](CC(=O)N1CCC[C@H]1[C@H](OC)[C@@H](C)C(=O)N[C@@H](Cc1ccccc1)c1nccs1)OC)N(C)C(=O)[C@@H](N)C(C)C. The molecule has 4 fully saturated rings. The van der Waals surface area contributed by atoms with Gasteiger partial charge in [-0.1, -0.05) is 201 Å². The van der Waals surface area contributed by atoms with Crippen LogP contribution in [0, 0.1) is 53.3 Å². The number of nitrogens with two attached hydrogens (primary N) is 1. The number of rotatable bonds is 50. The fourth-order valence-electron chi connectivity index (χ4n) is 20.6. The van der Waals surface area contributed by atoms with Crippen LogP contribution in [0.5, 0.6) is 0 Å². The van der Waals surface area contributed by atoms with Crippen LogP contribution in [0.4, 0.5) is 9.59 Å². The molecule has 4 aliphatic heterocycles. The van der Waals surface area contributed by atoms with Gasteiger partial charge in [-0.2, -0.15) is 0 Å². The molecule has 146 heavy (non-hydrogen) atoms. The predicted octanol–water partition coefficient (Wildman–Crippen LogP) is 14.9. The third-order valence-corrected chi connectivity index (χ3v) is 31.1. The Balaban J connectivity index is 0.000000322. The molecule has 8 amide bonds. The number of likely N-dealkylation sites (N-methyl/N-ethyl adjacent to an activating group) is 4. The number of aromatic nitrogens is 2. The number of nitrogens with zero attached hydrogens (tertiary/aromatic N) is 12. The van der Waals surface area contributed by atoms with Gasteiger partial charge in [0.1, 0.15) is 33.9 Å². The molecule has 4 aliphatic rings. The van der Waals surface area contributed by atoms with Crippen LogP contribution < -0.4 is 16.4 Å². The highest BCUT2D eigenvalue weighted by molar-refractivity contribution is 7.09. The molecule has 0 bridgehead atoms. The van der Waals surface area contributed by atoms with E-state index in [9.17, 15) is 47.9 Å². The molecular weight excluding hydrogens is 1890 g/mol. The Morgan fingerprint density at radius 1 is 0.466 bits per heavy atom. The van der Waals surface area contributed by atoms with E-state index in [-0.39, 0.29) is 156 Å². The van der Waals surface area contributed by atoms with Crippen LogP contribution in [0.2, 0.25) is 0 Å². The van der Waals surface area contributed by atoms with Gasteiger partial charge in [0.15, 0.2) is 5.78 Å². The van der Waals surface area contributed by atoms with E-state index in [0.717, 1.165) is 105 Å². The third-order valence-electron chi connectivity index (χ3n) is 29.4. The van der Waals surface area contributed by atoms with Crippen molar-refractivity contribution in [1.29, 1.82) is 0 Å². The second-order valence-electron chi connectivity index (χ2n) is 43.8. The number of benzene rings is 3. The molecule has 32 nitrogen and oxygen atoms in total. The van der Waals surface area contributed by atoms with Crippen molar-refractivity contribution in [2.45, 2.75) is 306 Å². The van der Waals surface area contributed by atoms with Crippen molar-refractivity contribution >= 4 is 82.1 Å². The summed E-state index contributed by atoms with van der Waals surface area (Å²) >= 11 is 3.02. The molecule has 9 rings (SSSR count). The van der Waals surface area contributed by atoms with E-state index in [1.807, 2.05) is 223 Å². The summed E-state index contributed by atoms with van der Waals surface area (Å²) in [7, 11) is 13.9. The highest BCUT2D eigenvalue weighted by Crippen LogP contribution is 2.36. The number of amides is 8. The second-order valence-corrected chi connectivity index (χ2v) is 45.6. The summed E-state index contributed by atoms with van der Waals surface area (Å²) < 4.78 is 40.8. The van der Waals surface area contributed by atoms with E-state index < -0.39 is 65.5 Å². The number of carbonyl (C=O) groups excluding carboxylic acids is 10. The van der Waals surface area contributed by atoms with E-state index in [2.05, 4.69) is 81.7 Å². The maximum Gasteiger partial charge on any atom is 0.410 e. The molecule has 4 N–H and O–H groups in total. The first-order chi connectivity index (χ1) is 69.1. The van der Waals surface area contributed by atoms with Gasteiger partial charge in [0.05, 0.1) is 97.4 Å². The number of hydrogen-bond donors (Lipinski definition) is 3. The minimum atomic E-state index is -0.634. The minimum absolute atomic E-state index is 0.0131. The zero-order valence-electron chi connectivity index (χ0n) is 93.3. The first-order valence-electron chi connectivity index (χ1n) is 53.1. The van der Waals surface area contributed by atoms with Crippen LogP contribution in [0.15, 0.2) is 114 Å². The van der Waals surface area contributed by atoms with Crippen LogP contribution in [-0.2, 0) is 91.0 Å². The molecule has 0 unspecified atom stereocenters. The monoisotopic (exact) mass is 2070 g/mol. The van der Waals surface area contributed by atoms with Crippen molar-refractivity contribution < 1.29 is 81.1 Å². The van der Waals surface area contributed by atoms with Gasteiger partial charge >= 0.3 is 18.2 Å². The van der Waals surface area contributed by atoms with Crippen LogP contribution in [-0.4, -0.2) is 345 Å². The molecule has 18 atom stereocenters. The zero-order chi connectivity index (χ0) is 108. The largest absolute Gasteiger partial charge is 0.460 e. The fourth-order valence-corrected chi connectivity index (χ4v) is 22.0. The van der Waals surface area contributed by atoms with E-state index in [0.29, 0.717) is 71.7 Å². The van der Waals surface area contributed by atoms with Gasteiger partial charge in [0, 0.05) is 170 Å². The molecule has 2 aromatic heterocycles. The van der Waals surface area contributed by atoms with Gasteiger partial charge in [0.25, 0.3) is 0 Å². The lowest BCUT2D eigenvalue weighted by molar-refractivity contribution is -0.153. The van der Waals surface area contributed by atoms with E-state index in [1.165, 1.54) is 22.7 Å². The van der Waals surface area contributed by atoms with Gasteiger partial charge < -0.3 is 78.9 Å². The van der Waals surface area contributed by atoms with Gasteiger partial charge in [-0.15, -0.1) is 22.7 Å². The quantitative estimate of drug-likeness (QED) is 0.0240. The number of nitrogens with one attached hydrogen (secondary N) is 2. The molecule has 5 aromatic rings. The number of ketones is 1. The van der Waals surface area contributed by atoms with E-state index >= 15 is 0 Å². The van der Waals surface area contributed by atoms with E-state index in [4.69, 9.17) is 38.9 Å². The molecule has 4 saturated heterocycles. The summed E-state index contributed by atoms with van der Waals surface area (Å²) in [6.45, 7) is 49.3. The summed E-state index contributed by atoms with van der Waals surface area (Å²) in [5, 5.41) is 12.0. The summed E-state index contributed by atoms with van der Waals surface area (Å²) in [6, 6.07) is 26.5. The molecule has 6 heterocycles. The second kappa shape index (κ2) is 60.8. The molecule has 0 spiro atoms. The average molecular weight is 2070 g/mol. The van der Waals surface area contributed by atoms with Crippen LogP contribution in [0.3, 0.4) is 0 Å². The highest BCUT2D eigenvalue weighted by Gasteiger charge is 2.47. The van der Waals surface area contributed by atoms with Gasteiger partial charge in [0.2, 0.25) is 35.4 Å². The Kier molecular flexibility index (Phi) is 51.6. The number of esters is 1. The van der Waals surface area contributed by atoms with Crippen molar-refractivity contribution in [1.82, 2.24) is 69.6 Å². The van der Waals surface area contributed by atoms with Crippen LogP contribution in [0.25, 0.3) is 0 Å². The molecule has 818 valence electrons. The third kappa shape index (κ3) is 37.6. The summed E-state index contributed by atoms with van der Waals surface area (Å²) in [5.41, 5.74) is 8.41. The average Bonchev–Trinajstić information content (AvgIpc) is 1.11. The minimum Gasteiger partial charge on any atom is -0.460 e. The van der Waals surface area contributed by atoms with Crippen molar-refractivity contribution in [3.63, 3.8) is 0 Å². The Morgan fingerprint density at radius 3 is 1.16 bits per heavy atom. The molecular formula is C112H181N15O17S2. The number of ether oxygens (including phenoxy) is 7. The van der Waals surface area contributed by atoms with Crippen LogP contribution in [0.1, 0.15) is 235 Å². The number of piperazine rings is 2. The number of Topliss-reactive ketones (excluding diaryl/α,β-unsaturated/α-hetero) is 1. The normalized spacial score (nSPS) is 18.9. The lowest BCUT2D eigenvalue weighted by Gasteiger charge is -2.41. The first-order valence-corrected chi connectivity index (χ1v) is 54.9. The lowest BCUT2D eigenvalue weighted by atomic mass is 9.83. The Hall–Kier alpha value is -8.94. The maximum atomic E-state index is 14.8. The Labute approximate surface area is 881 Å². The molecule has 0 radical (unpaired) electrons. The van der Waals surface area contributed by atoms with Crippen molar-refractivity contribution in [2.75, 3.05) is 148 Å². The summed E-state index contributed by atoms with van der Waals surface area (Å²) in [5.74, 6) is -2.49. The lowest BCUT2D eigenvalue weighted by Crippen LogP contribution is -2.56. The molecule has 3 aromatic carbocycles. The first kappa shape index (κ1) is 124. The predicted molar refractivity (Wildman–Crippen MR) is 577 cm³/mol. The maximum absolute atomic E-state index is 14.8. The van der Waals surface area contributed by atoms with E-state index in [1.54, 1.807) is 74.5 Å². The molecule has 34 heteroatoms. The van der Waals surface area contributed by atoms with Gasteiger partial charge in [-0.25, -0.2) is 19.6 Å². The van der Waals surface area contributed by atoms with Crippen LogP contribution >= 0.6 is 22.7 Å². The number of hydrogen-bond acceptors (Lipinski definition) is 26. The van der Waals surface area contributed by atoms with Crippen molar-refractivity contribution in [3.05, 3.63) is 141 Å². The summed E-state index contributed by atoms with van der Waals surface area (Å²) in [4.78, 5) is 165. The Bertz CT molecular complexity index is 4710. The molecule has 0 aliphatic carbocycles. The fraction of sp³-hybridized carbons (Fsp3) is 0.696. The smallest absolute Gasteiger partial charge is 0.410 e.